The number of rotatable bonds is 8. The second-order valence-corrected chi connectivity index (χ2v) is 15.9. The second kappa shape index (κ2) is 15.9. The quantitative estimate of drug-likeness (QED) is 0.303. The fraction of sp³-hybridized carbons (Fsp3) is 0.914. The number of methoxy groups -OCH3 is 1. The number of likely N-dealkylation sites (tertiary alicyclic amines) is 1. The van der Waals surface area contributed by atoms with Gasteiger partial charge in [-0.3, -0.25) is 24.2 Å². The minimum absolute atomic E-state index is 0.0912. The van der Waals surface area contributed by atoms with Crippen molar-refractivity contribution in [2.75, 3.05) is 68.1 Å². The van der Waals surface area contributed by atoms with Crippen LogP contribution in [0.5, 0.6) is 0 Å². The van der Waals surface area contributed by atoms with Crippen LogP contribution in [0.1, 0.15) is 68.2 Å². The molecule has 1 amide bonds. The lowest BCUT2D eigenvalue weighted by Crippen LogP contribution is -2.61. The first-order valence-electron chi connectivity index (χ1n) is 17.3. The Bertz CT molecular complexity index is 1080. The van der Waals surface area contributed by atoms with Gasteiger partial charge in [-0.2, -0.15) is 0 Å². The Labute approximate surface area is 283 Å². The smallest absolute Gasteiger partial charge is 0.319 e. The molecule has 0 bridgehead atoms. The molecule has 272 valence electrons. The largest absolute Gasteiger partial charge is 0.463 e. The van der Waals surface area contributed by atoms with Crippen LogP contribution in [0.4, 0.5) is 0 Å². The van der Waals surface area contributed by atoms with Crippen LogP contribution in [0.2, 0.25) is 0 Å². The number of likely N-dealkylation sites (N-methyl/N-ethyl adjacent to an activating group) is 3. The minimum atomic E-state index is -1.47. The number of aliphatic hydroxyl groups is 1. The van der Waals surface area contributed by atoms with E-state index in [0.717, 1.165) is 0 Å². The van der Waals surface area contributed by atoms with Crippen LogP contribution < -0.4 is 0 Å². The maximum absolute atomic E-state index is 14.2. The topological polar surface area (TPSA) is 121 Å². The van der Waals surface area contributed by atoms with E-state index in [-0.39, 0.29) is 54.4 Å². The first kappa shape index (κ1) is 39.8. The maximum atomic E-state index is 14.2. The number of ketones is 1. The molecule has 9 atom stereocenters. The molecule has 0 spiro atoms. The average Bonchev–Trinajstić information content (AvgIpc) is 2.96. The number of cyclic esters (lactones) is 1. The highest BCUT2D eigenvalue weighted by molar-refractivity contribution is 6.04. The first-order chi connectivity index (χ1) is 21.7. The third-order valence-electron chi connectivity index (χ3n) is 11.0. The van der Waals surface area contributed by atoms with Crippen LogP contribution in [0.25, 0.3) is 0 Å². The standard InChI is InChI=1S/C35H64N4O8/c1-21(2)37(11)19-28(40)39-17-25(18-39)27-20-45-33(43)34(6,7)30(42)24(5)31(35(8,44-13)15-22(3)16-38(27)12)47-32-29(41)26(36(9)10)14-23(4)46-32/h21-27,29,31-32,41H,14-20H2,1-13H3/t22-,23-,24+,26+,27+,29-,31-,32+,35-/m1/s1. The fourth-order valence-corrected chi connectivity index (χ4v) is 7.52. The monoisotopic (exact) mass is 668 g/mol. The summed E-state index contributed by atoms with van der Waals surface area (Å²) >= 11 is 0. The Hall–Kier alpha value is -1.67. The number of hydrogen-bond acceptors (Lipinski definition) is 11. The zero-order valence-electron chi connectivity index (χ0n) is 31.3. The Kier molecular flexibility index (Phi) is 13.5. The summed E-state index contributed by atoms with van der Waals surface area (Å²) in [5, 5.41) is 11.3. The second-order valence-electron chi connectivity index (χ2n) is 15.9. The third kappa shape index (κ3) is 9.12. The summed E-state index contributed by atoms with van der Waals surface area (Å²) in [4.78, 5) is 48.9. The predicted octanol–water partition coefficient (Wildman–Crippen LogP) is 2.12. The van der Waals surface area contributed by atoms with E-state index in [1.807, 2.05) is 56.7 Å². The van der Waals surface area contributed by atoms with Gasteiger partial charge in [0.1, 0.15) is 18.1 Å². The lowest BCUT2D eigenvalue weighted by molar-refractivity contribution is -0.295. The third-order valence-corrected chi connectivity index (χ3v) is 11.0. The van der Waals surface area contributed by atoms with Crippen LogP contribution in [0.15, 0.2) is 0 Å². The highest BCUT2D eigenvalue weighted by atomic mass is 16.7. The molecule has 47 heavy (non-hydrogen) atoms. The van der Waals surface area contributed by atoms with Crippen molar-refractivity contribution in [2.24, 2.45) is 23.2 Å². The van der Waals surface area contributed by atoms with Crippen molar-refractivity contribution in [1.82, 2.24) is 19.6 Å². The van der Waals surface area contributed by atoms with Crippen LogP contribution in [0, 0.1) is 23.2 Å². The zero-order valence-corrected chi connectivity index (χ0v) is 31.3. The van der Waals surface area contributed by atoms with Gasteiger partial charge in [0, 0.05) is 56.7 Å². The van der Waals surface area contributed by atoms with E-state index < -0.39 is 41.4 Å². The molecule has 0 radical (unpaired) electrons. The summed E-state index contributed by atoms with van der Waals surface area (Å²) in [5.41, 5.74) is -2.43. The van der Waals surface area contributed by atoms with E-state index in [1.165, 1.54) is 0 Å². The number of amides is 1. The van der Waals surface area contributed by atoms with Crippen molar-refractivity contribution in [3.05, 3.63) is 0 Å². The van der Waals surface area contributed by atoms with Gasteiger partial charge in [0.15, 0.2) is 12.1 Å². The Morgan fingerprint density at radius 2 is 1.70 bits per heavy atom. The molecular weight excluding hydrogens is 604 g/mol. The van der Waals surface area contributed by atoms with Crippen LogP contribution in [-0.2, 0) is 33.3 Å². The first-order valence-corrected chi connectivity index (χ1v) is 17.3. The molecule has 3 aliphatic rings. The van der Waals surface area contributed by atoms with E-state index in [2.05, 4.69) is 25.7 Å². The summed E-state index contributed by atoms with van der Waals surface area (Å²) in [6.07, 6.45) is -1.76. The van der Waals surface area contributed by atoms with Gasteiger partial charge >= 0.3 is 5.97 Å². The lowest BCUT2D eigenvalue weighted by atomic mass is 9.74. The molecular formula is C35H64N4O8. The summed E-state index contributed by atoms with van der Waals surface area (Å²) in [5.74, 6) is -1.41. The van der Waals surface area contributed by atoms with E-state index >= 15 is 0 Å². The van der Waals surface area contributed by atoms with Crippen molar-refractivity contribution in [3.8, 4) is 0 Å². The van der Waals surface area contributed by atoms with Crippen molar-refractivity contribution in [2.45, 2.75) is 117 Å². The van der Waals surface area contributed by atoms with Crippen molar-refractivity contribution in [3.63, 3.8) is 0 Å². The molecule has 0 aliphatic carbocycles. The number of hydrogen-bond donors (Lipinski definition) is 1. The molecule has 0 aromatic heterocycles. The molecule has 0 unspecified atom stereocenters. The SMILES string of the molecule is CO[C@]1(C)C[C@@H](C)CN(C)[C@H](C2CN(C(=O)CN(C)C(C)C)C2)COC(=O)C(C)(C)C(=O)[C@H](C)[C@H]1O[C@@H]1O[C@H](C)C[C@H](N(C)C)[C@H]1O. The number of ether oxygens (including phenoxy) is 4. The Morgan fingerprint density at radius 1 is 1.09 bits per heavy atom. The predicted molar refractivity (Wildman–Crippen MR) is 180 cm³/mol. The van der Waals surface area contributed by atoms with Crippen LogP contribution in [-0.4, -0.2) is 159 Å². The highest BCUT2D eigenvalue weighted by Gasteiger charge is 2.52. The fourth-order valence-electron chi connectivity index (χ4n) is 7.52. The van der Waals surface area contributed by atoms with E-state index in [0.29, 0.717) is 39.0 Å². The molecule has 0 aromatic rings. The summed E-state index contributed by atoms with van der Waals surface area (Å²) in [7, 11) is 9.42. The molecule has 3 rings (SSSR count). The van der Waals surface area contributed by atoms with E-state index in [9.17, 15) is 19.5 Å². The van der Waals surface area contributed by atoms with E-state index in [4.69, 9.17) is 18.9 Å². The number of nitrogens with zero attached hydrogens (tertiary/aromatic N) is 4. The van der Waals surface area contributed by atoms with Gasteiger partial charge in [-0.05, 0) is 88.5 Å². The molecule has 0 aromatic carbocycles. The summed E-state index contributed by atoms with van der Waals surface area (Å²) in [6.45, 7) is 17.4. The molecule has 3 heterocycles. The number of Topliss-reactive ketones (excluding diaryl/α,β-unsaturated/α-hetero) is 1. The van der Waals surface area contributed by atoms with Gasteiger partial charge in [-0.1, -0.05) is 13.8 Å². The van der Waals surface area contributed by atoms with E-state index in [1.54, 1.807) is 27.9 Å². The van der Waals surface area contributed by atoms with Gasteiger partial charge in [-0.15, -0.1) is 0 Å². The molecule has 3 aliphatic heterocycles. The molecule has 1 N–H and O–H groups in total. The molecule has 12 heteroatoms. The van der Waals surface area contributed by atoms with Crippen molar-refractivity contribution >= 4 is 17.7 Å². The van der Waals surface area contributed by atoms with Gasteiger partial charge in [0.05, 0.1) is 24.4 Å². The number of aliphatic hydroxyl groups excluding tert-OH is 1. The lowest BCUT2D eigenvalue weighted by Gasteiger charge is -2.47. The minimum Gasteiger partial charge on any atom is -0.463 e. The zero-order chi connectivity index (χ0) is 35.6. The highest BCUT2D eigenvalue weighted by Crippen LogP contribution is 2.38. The van der Waals surface area contributed by atoms with Gasteiger partial charge < -0.3 is 33.9 Å². The number of carbonyl (C=O) groups excluding carboxylic acids is 3. The van der Waals surface area contributed by atoms with Crippen LogP contribution in [0.3, 0.4) is 0 Å². The number of carbonyl (C=O) groups is 3. The molecule has 12 nitrogen and oxygen atoms in total. The van der Waals surface area contributed by atoms with Crippen molar-refractivity contribution < 1.29 is 38.4 Å². The molecule has 0 saturated carbocycles. The Morgan fingerprint density at radius 3 is 2.26 bits per heavy atom. The summed E-state index contributed by atoms with van der Waals surface area (Å²) in [6, 6.07) is -0.0506. The van der Waals surface area contributed by atoms with Crippen LogP contribution >= 0.6 is 0 Å². The van der Waals surface area contributed by atoms with Crippen molar-refractivity contribution in [1.29, 1.82) is 0 Å². The van der Waals surface area contributed by atoms with Gasteiger partial charge in [-0.25, -0.2) is 0 Å². The maximum Gasteiger partial charge on any atom is 0.319 e. The average molecular weight is 669 g/mol. The van der Waals surface area contributed by atoms with Gasteiger partial charge in [0.25, 0.3) is 0 Å². The molecule has 3 saturated heterocycles. The Balaban J connectivity index is 1.90. The molecule has 3 fully saturated rings. The number of esters is 1. The summed E-state index contributed by atoms with van der Waals surface area (Å²) < 4.78 is 24.9. The van der Waals surface area contributed by atoms with Gasteiger partial charge in [0.2, 0.25) is 5.91 Å². The normalized spacial score (nSPS) is 36.9.